The average Bonchev–Trinajstić information content (AvgIpc) is 3.57. The first-order chi connectivity index (χ1) is 21.9. The summed E-state index contributed by atoms with van der Waals surface area (Å²) in [5.41, 5.74) is 10.7. The van der Waals surface area contributed by atoms with E-state index >= 15 is 0 Å². The number of carbonyl (C=O) groups excluding carboxylic acids is 2. The van der Waals surface area contributed by atoms with Gasteiger partial charge in [0.25, 0.3) is 11.8 Å². The predicted octanol–water partition coefficient (Wildman–Crippen LogP) is 5.78. The van der Waals surface area contributed by atoms with Crippen LogP contribution >= 0.6 is 0 Å². The van der Waals surface area contributed by atoms with Gasteiger partial charge in [0.05, 0.1) is 11.6 Å². The maximum absolute atomic E-state index is 13.5. The number of benzene rings is 2. The number of hydrogen-bond acceptors (Lipinski definition) is 5. The molecule has 4 heterocycles. The fourth-order valence-electron chi connectivity index (χ4n) is 6.26. The van der Waals surface area contributed by atoms with Gasteiger partial charge in [0.1, 0.15) is 11.4 Å². The zero-order valence-corrected chi connectivity index (χ0v) is 26.0. The maximum atomic E-state index is 13.5. The number of nitriles is 1. The first-order valence-corrected chi connectivity index (χ1v) is 15.8. The normalized spacial score (nSPS) is 16.0. The van der Waals surface area contributed by atoms with Crippen LogP contribution in [0, 0.1) is 24.2 Å². The Morgan fingerprint density at radius 1 is 0.867 bits per heavy atom. The van der Waals surface area contributed by atoms with E-state index in [0.29, 0.717) is 23.2 Å². The highest BCUT2D eigenvalue weighted by molar-refractivity contribution is 5.93. The molecular formula is C37H42N6O2. The van der Waals surface area contributed by atoms with E-state index in [-0.39, 0.29) is 5.91 Å². The quantitative estimate of drug-likeness (QED) is 0.289. The maximum Gasteiger partial charge on any atom is 0.270 e. The van der Waals surface area contributed by atoms with E-state index in [0.717, 1.165) is 70.5 Å². The van der Waals surface area contributed by atoms with Crippen molar-refractivity contribution in [1.29, 1.82) is 5.26 Å². The summed E-state index contributed by atoms with van der Waals surface area (Å²) >= 11 is 0. The molecule has 232 valence electrons. The molecule has 0 saturated carbocycles. The van der Waals surface area contributed by atoms with E-state index in [4.69, 9.17) is 11.0 Å². The summed E-state index contributed by atoms with van der Waals surface area (Å²) < 4.78 is 2.24. The van der Waals surface area contributed by atoms with Crippen LogP contribution in [-0.4, -0.2) is 57.3 Å². The molecule has 0 bridgehead atoms. The third-order valence-electron chi connectivity index (χ3n) is 8.90. The van der Waals surface area contributed by atoms with Gasteiger partial charge in [0.2, 0.25) is 0 Å². The second-order valence-corrected chi connectivity index (χ2v) is 12.1. The molecule has 6 rings (SSSR count). The smallest absolute Gasteiger partial charge is 0.270 e. The molecule has 2 saturated heterocycles. The summed E-state index contributed by atoms with van der Waals surface area (Å²) in [6.45, 7) is 6.77. The summed E-state index contributed by atoms with van der Waals surface area (Å²) in [5, 5.41) is 9.00. The molecule has 8 nitrogen and oxygen atoms in total. The van der Waals surface area contributed by atoms with Gasteiger partial charge in [-0.15, -0.1) is 0 Å². The van der Waals surface area contributed by atoms with Crippen molar-refractivity contribution in [2.24, 2.45) is 11.7 Å². The number of nitrogens with zero attached hydrogens (tertiary/aromatic N) is 5. The van der Waals surface area contributed by atoms with Gasteiger partial charge in [0, 0.05) is 51.2 Å². The van der Waals surface area contributed by atoms with E-state index < -0.39 is 5.91 Å². The number of rotatable bonds is 7. The first kappa shape index (κ1) is 31.7. The van der Waals surface area contributed by atoms with E-state index in [1.807, 2.05) is 24.3 Å². The summed E-state index contributed by atoms with van der Waals surface area (Å²) in [5.74, 6) is 0.355. The minimum Gasteiger partial charge on any atom is -0.364 e. The largest absolute Gasteiger partial charge is 0.364 e. The number of aryl methyl sites for hydroxylation is 1. The van der Waals surface area contributed by atoms with Crippen molar-refractivity contribution >= 4 is 11.8 Å². The standard InChI is InChI=1S/C31H36N4O.C6H6N2O/c1-24-4-6-25(7-5-24)21-26-12-19-34(20-13-26)31(36)30-3-2-16-35(30)29-14-17-33(18-15-29)23-28-10-8-27(22-32)9-11-28;7-6(9)5-3-1-2-4-8-5/h2-11,16,26,29H,12-15,17-21,23H2,1H3;1-4H,(H2,7,9). The Balaban J connectivity index is 0.000000383. The van der Waals surface area contributed by atoms with Crippen LogP contribution in [0.15, 0.2) is 91.3 Å². The Morgan fingerprint density at radius 2 is 1.56 bits per heavy atom. The Hall–Kier alpha value is -4.74. The van der Waals surface area contributed by atoms with Crippen LogP contribution in [-0.2, 0) is 13.0 Å². The Morgan fingerprint density at radius 3 is 2.16 bits per heavy atom. The van der Waals surface area contributed by atoms with Crippen LogP contribution in [0.3, 0.4) is 0 Å². The van der Waals surface area contributed by atoms with Gasteiger partial charge < -0.3 is 15.2 Å². The SMILES string of the molecule is Cc1ccc(CC2CCN(C(=O)c3cccn3C3CCN(Cc4ccc(C#N)cc4)CC3)CC2)cc1.NC(=O)c1ccccn1. The lowest BCUT2D eigenvalue weighted by atomic mass is 9.90. The topological polar surface area (TPSA) is 108 Å². The minimum atomic E-state index is -0.490. The lowest BCUT2D eigenvalue weighted by molar-refractivity contribution is 0.0672. The monoisotopic (exact) mass is 602 g/mol. The van der Waals surface area contributed by atoms with Crippen LogP contribution in [0.5, 0.6) is 0 Å². The highest BCUT2D eigenvalue weighted by Gasteiger charge is 2.28. The third kappa shape index (κ3) is 8.68. The number of piperidine rings is 2. The molecule has 2 fully saturated rings. The summed E-state index contributed by atoms with van der Waals surface area (Å²) in [6.07, 6.45) is 8.98. The van der Waals surface area contributed by atoms with Crippen molar-refractivity contribution in [1.82, 2.24) is 19.4 Å². The van der Waals surface area contributed by atoms with Gasteiger partial charge in [-0.2, -0.15) is 5.26 Å². The van der Waals surface area contributed by atoms with Gasteiger partial charge in [0.15, 0.2) is 0 Å². The van der Waals surface area contributed by atoms with Crippen LogP contribution < -0.4 is 5.73 Å². The van der Waals surface area contributed by atoms with Crippen LogP contribution in [0.4, 0.5) is 0 Å². The molecule has 0 spiro atoms. The summed E-state index contributed by atoms with van der Waals surface area (Å²) in [6, 6.07) is 28.4. The minimum absolute atomic E-state index is 0.189. The Kier molecular flexibility index (Phi) is 10.8. The van der Waals surface area contributed by atoms with Gasteiger partial charge >= 0.3 is 0 Å². The van der Waals surface area contributed by atoms with Crippen molar-refractivity contribution < 1.29 is 9.59 Å². The molecule has 0 aliphatic carbocycles. The molecule has 8 heteroatoms. The molecular weight excluding hydrogens is 560 g/mol. The summed E-state index contributed by atoms with van der Waals surface area (Å²) in [7, 11) is 0. The molecule has 2 aliphatic rings. The van der Waals surface area contributed by atoms with Crippen LogP contribution in [0.1, 0.15) is 75.0 Å². The molecule has 4 aromatic rings. The highest BCUT2D eigenvalue weighted by atomic mass is 16.2. The molecule has 2 aliphatic heterocycles. The number of likely N-dealkylation sites (tertiary alicyclic amines) is 2. The molecule has 0 atom stereocenters. The fraction of sp³-hybridized carbons (Fsp3) is 0.351. The zero-order chi connectivity index (χ0) is 31.6. The van der Waals surface area contributed by atoms with Gasteiger partial charge in [-0.25, -0.2) is 0 Å². The van der Waals surface area contributed by atoms with E-state index in [1.54, 1.807) is 18.2 Å². The number of nitrogens with two attached hydrogens (primary N) is 1. The molecule has 2 aromatic carbocycles. The molecule has 0 unspecified atom stereocenters. The Labute approximate surface area is 266 Å². The lowest BCUT2D eigenvalue weighted by Gasteiger charge is -2.35. The first-order valence-electron chi connectivity index (χ1n) is 15.8. The number of pyridine rings is 1. The van der Waals surface area contributed by atoms with Crippen molar-refractivity contribution in [3.05, 3.63) is 125 Å². The number of aromatic nitrogens is 2. The third-order valence-corrected chi connectivity index (χ3v) is 8.90. The number of carbonyl (C=O) groups is 2. The van der Waals surface area contributed by atoms with Crippen LogP contribution in [0.2, 0.25) is 0 Å². The number of amides is 2. The average molecular weight is 603 g/mol. The zero-order valence-electron chi connectivity index (χ0n) is 26.0. The molecule has 2 N–H and O–H groups in total. The van der Waals surface area contributed by atoms with Crippen LogP contribution in [0.25, 0.3) is 0 Å². The lowest BCUT2D eigenvalue weighted by Crippen LogP contribution is -2.40. The van der Waals surface area contributed by atoms with Crippen molar-refractivity contribution in [2.75, 3.05) is 26.2 Å². The molecule has 2 aromatic heterocycles. The predicted molar refractivity (Wildman–Crippen MR) is 175 cm³/mol. The summed E-state index contributed by atoms with van der Waals surface area (Å²) in [4.78, 5) is 32.1. The molecule has 2 amide bonds. The van der Waals surface area contributed by atoms with E-state index in [2.05, 4.69) is 74.9 Å². The second-order valence-electron chi connectivity index (χ2n) is 12.1. The van der Waals surface area contributed by atoms with Gasteiger partial charge in [-0.3, -0.25) is 19.5 Å². The van der Waals surface area contributed by atoms with Crippen molar-refractivity contribution in [2.45, 2.75) is 51.6 Å². The second kappa shape index (κ2) is 15.3. The van der Waals surface area contributed by atoms with E-state index in [1.165, 1.54) is 22.9 Å². The van der Waals surface area contributed by atoms with E-state index in [9.17, 15) is 9.59 Å². The highest BCUT2D eigenvalue weighted by Crippen LogP contribution is 2.28. The molecule has 0 radical (unpaired) electrons. The van der Waals surface area contributed by atoms with Gasteiger partial charge in [-0.05, 0) is 92.5 Å². The number of hydrogen-bond donors (Lipinski definition) is 1. The number of primary amides is 1. The van der Waals surface area contributed by atoms with Crippen molar-refractivity contribution in [3.63, 3.8) is 0 Å². The Bertz CT molecular complexity index is 1570. The molecule has 45 heavy (non-hydrogen) atoms. The fourth-order valence-corrected chi connectivity index (χ4v) is 6.26. The van der Waals surface area contributed by atoms with Crippen molar-refractivity contribution in [3.8, 4) is 6.07 Å². The van der Waals surface area contributed by atoms with Gasteiger partial charge in [-0.1, -0.05) is 48.0 Å².